The first-order valence-corrected chi connectivity index (χ1v) is 9.64. The van der Waals surface area contributed by atoms with E-state index in [0.29, 0.717) is 18.8 Å². The Morgan fingerprint density at radius 3 is 2.42 bits per heavy atom. The second-order valence-corrected chi connectivity index (χ2v) is 7.18. The monoisotopic (exact) mass is 338 g/mol. The van der Waals surface area contributed by atoms with Gasteiger partial charge in [0.25, 0.3) is 0 Å². The quantitative estimate of drug-likeness (QED) is 0.455. The van der Waals surface area contributed by atoms with Gasteiger partial charge in [-0.2, -0.15) is 0 Å². The summed E-state index contributed by atoms with van der Waals surface area (Å²) in [5.41, 5.74) is 1.05. The van der Waals surface area contributed by atoms with E-state index in [9.17, 15) is 8.78 Å². The molecule has 3 heteroatoms. The fraction of sp³-hybridized carbons (Fsp3) is 0.714. The lowest BCUT2D eigenvalue weighted by Crippen LogP contribution is -2.24. The molecule has 1 aliphatic carbocycles. The first-order chi connectivity index (χ1) is 11.7. The van der Waals surface area contributed by atoms with Crippen molar-refractivity contribution in [1.29, 1.82) is 0 Å². The number of alkyl halides is 2. The Balaban J connectivity index is 1.73. The van der Waals surface area contributed by atoms with Gasteiger partial charge in [0.2, 0.25) is 0 Å². The van der Waals surface area contributed by atoms with E-state index in [1.165, 1.54) is 0 Å². The van der Waals surface area contributed by atoms with Gasteiger partial charge in [-0.15, -0.1) is 0 Å². The minimum atomic E-state index is -0.765. The lowest BCUT2D eigenvalue weighted by Gasteiger charge is -2.30. The van der Waals surface area contributed by atoms with E-state index in [1.807, 2.05) is 24.3 Å². The smallest absolute Gasteiger partial charge is 0.119 e. The van der Waals surface area contributed by atoms with Crippen LogP contribution in [0.3, 0.4) is 0 Å². The van der Waals surface area contributed by atoms with Crippen LogP contribution in [0.5, 0.6) is 5.75 Å². The van der Waals surface area contributed by atoms with Crippen molar-refractivity contribution in [3.63, 3.8) is 0 Å². The molecule has 2 rings (SSSR count). The Hall–Kier alpha value is -1.12. The van der Waals surface area contributed by atoms with Crippen molar-refractivity contribution in [2.75, 3.05) is 13.3 Å². The van der Waals surface area contributed by atoms with Crippen LogP contribution < -0.4 is 4.74 Å². The Kier molecular flexibility index (Phi) is 8.55. The van der Waals surface area contributed by atoms with Gasteiger partial charge in [0.1, 0.15) is 11.9 Å². The molecule has 1 aliphatic rings. The van der Waals surface area contributed by atoms with Crippen molar-refractivity contribution in [2.45, 2.75) is 70.9 Å². The fourth-order valence-electron chi connectivity index (χ4n) is 3.65. The third-order valence-electron chi connectivity index (χ3n) is 5.27. The number of hydrogen-bond donors (Lipinski definition) is 0. The topological polar surface area (TPSA) is 9.23 Å². The fourth-order valence-corrected chi connectivity index (χ4v) is 3.65. The average Bonchev–Trinajstić information content (AvgIpc) is 2.62. The number of hydrogen-bond acceptors (Lipinski definition) is 1. The summed E-state index contributed by atoms with van der Waals surface area (Å²) >= 11 is 0. The van der Waals surface area contributed by atoms with Gasteiger partial charge in [0, 0.05) is 6.42 Å². The highest BCUT2D eigenvalue weighted by atomic mass is 19.1. The normalized spacial score (nSPS) is 22.3. The van der Waals surface area contributed by atoms with E-state index >= 15 is 0 Å². The second-order valence-electron chi connectivity index (χ2n) is 7.18. The minimum Gasteiger partial charge on any atom is -0.494 e. The maximum absolute atomic E-state index is 14.6. The van der Waals surface area contributed by atoms with Crippen molar-refractivity contribution in [3.8, 4) is 5.75 Å². The molecule has 0 spiro atoms. The lowest BCUT2D eigenvalue weighted by molar-refractivity contribution is 0.150. The van der Waals surface area contributed by atoms with Crippen LogP contribution in [0.2, 0.25) is 0 Å². The van der Waals surface area contributed by atoms with Gasteiger partial charge in [0.15, 0.2) is 0 Å². The molecule has 1 unspecified atom stereocenters. The number of rotatable bonds is 10. The molecule has 0 aromatic heterocycles. The molecular formula is C21H32F2O. The maximum Gasteiger partial charge on any atom is 0.119 e. The van der Waals surface area contributed by atoms with E-state index in [2.05, 4.69) is 6.92 Å². The van der Waals surface area contributed by atoms with Crippen LogP contribution in [0, 0.1) is 11.8 Å². The number of unbranched alkanes of at least 4 members (excludes halogenated alkanes) is 1. The van der Waals surface area contributed by atoms with Crippen molar-refractivity contribution in [2.24, 2.45) is 11.8 Å². The Morgan fingerprint density at radius 1 is 1.08 bits per heavy atom. The van der Waals surface area contributed by atoms with E-state index in [-0.39, 0.29) is 12.6 Å². The van der Waals surface area contributed by atoms with Crippen molar-refractivity contribution in [1.82, 2.24) is 0 Å². The number of ether oxygens (including phenoxy) is 1. The molecule has 0 bridgehead atoms. The van der Waals surface area contributed by atoms with Crippen LogP contribution in [0.4, 0.5) is 8.78 Å². The zero-order valence-corrected chi connectivity index (χ0v) is 15.0. The zero-order chi connectivity index (χ0) is 17.2. The van der Waals surface area contributed by atoms with E-state index < -0.39 is 6.17 Å². The van der Waals surface area contributed by atoms with Crippen LogP contribution in [0.15, 0.2) is 24.3 Å². The van der Waals surface area contributed by atoms with Crippen LogP contribution >= 0.6 is 0 Å². The highest BCUT2D eigenvalue weighted by Gasteiger charge is 2.27. The highest BCUT2D eigenvalue weighted by molar-refractivity contribution is 5.27. The summed E-state index contributed by atoms with van der Waals surface area (Å²) in [5, 5.41) is 0. The minimum absolute atomic E-state index is 0.173. The second kappa shape index (κ2) is 10.7. The molecule has 0 radical (unpaired) electrons. The summed E-state index contributed by atoms with van der Waals surface area (Å²) in [4.78, 5) is 0. The molecule has 136 valence electrons. The van der Waals surface area contributed by atoms with Gasteiger partial charge in [-0.1, -0.05) is 38.3 Å². The summed E-state index contributed by atoms with van der Waals surface area (Å²) in [7, 11) is 0. The molecule has 24 heavy (non-hydrogen) atoms. The first kappa shape index (κ1) is 19.2. The summed E-state index contributed by atoms with van der Waals surface area (Å²) in [6.45, 7) is 2.67. The summed E-state index contributed by atoms with van der Waals surface area (Å²) in [6.07, 6.45) is 7.59. The molecule has 1 fully saturated rings. The zero-order valence-electron chi connectivity index (χ0n) is 15.0. The van der Waals surface area contributed by atoms with E-state index in [1.54, 1.807) is 0 Å². The van der Waals surface area contributed by atoms with Gasteiger partial charge in [0.05, 0.1) is 13.3 Å². The standard InChI is InChI=1S/C21H32F2O/c1-2-3-15-24-20-12-8-18(9-13-20)16-21(23)19-10-6-17(7-11-19)5-4-14-22/h8-9,12-13,17,19,21H,2-7,10-11,14-16H2,1H3/t17-,19-,21?. The molecule has 1 saturated carbocycles. The summed E-state index contributed by atoms with van der Waals surface area (Å²) in [6, 6.07) is 7.87. The predicted molar refractivity (Wildman–Crippen MR) is 96.1 cm³/mol. The summed E-state index contributed by atoms with van der Waals surface area (Å²) in [5.74, 6) is 1.66. The van der Waals surface area contributed by atoms with Crippen molar-refractivity contribution < 1.29 is 13.5 Å². The van der Waals surface area contributed by atoms with Gasteiger partial charge in [-0.3, -0.25) is 4.39 Å². The summed E-state index contributed by atoms with van der Waals surface area (Å²) < 4.78 is 32.5. The van der Waals surface area contributed by atoms with Gasteiger partial charge < -0.3 is 4.74 Å². The van der Waals surface area contributed by atoms with Gasteiger partial charge in [-0.25, -0.2) is 4.39 Å². The molecule has 1 nitrogen and oxygen atoms in total. The number of benzene rings is 1. The maximum atomic E-state index is 14.6. The lowest BCUT2D eigenvalue weighted by atomic mass is 9.77. The molecule has 1 aromatic rings. The third-order valence-corrected chi connectivity index (χ3v) is 5.27. The Labute approximate surface area is 145 Å². The predicted octanol–water partition coefficient (Wildman–Crippen LogP) is 6.30. The van der Waals surface area contributed by atoms with Gasteiger partial charge >= 0.3 is 0 Å². The largest absolute Gasteiger partial charge is 0.494 e. The van der Waals surface area contributed by atoms with Crippen LogP contribution in [-0.2, 0) is 6.42 Å². The van der Waals surface area contributed by atoms with Crippen LogP contribution in [-0.4, -0.2) is 19.5 Å². The number of halogens is 2. The molecule has 0 saturated heterocycles. The van der Waals surface area contributed by atoms with Crippen molar-refractivity contribution >= 4 is 0 Å². The molecule has 1 atom stereocenters. The molecule has 1 aromatic carbocycles. The highest BCUT2D eigenvalue weighted by Crippen LogP contribution is 2.35. The Bertz CT molecular complexity index is 438. The average molecular weight is 338 g/mol. The third kappa shape index (κ3) is 6.41. The molecule has 0 heterocycles. The molecule has 0 N–H and O–H groups in total. The SMILES string of the molecule is CCCCOc1ccc(CC(F)[C@H]2CC[C@H](CCCF)CC2)cc1. The van der Waals surface area contributed by atoms with Crippen LogP contribution in [0.25, 0.3) is 0 Å². The Morgan fingerprint density at radius 2 is 1.79 bits per heavy atom. The molecule has 0 amide bonds. The molecular weight excluding hydrogens is 306 g/mol. The van der Waals surface area contributed by atoms with Crippen LogP contribution in [0.1, 0.15) is 63.9 Å². The first-order valence-electron chi connectivity index (χ1n) is 9.64. The van der Waals surface area contributed by atoms with E-state index in [4.69, 9.17) is 4.74 Å². The molecule has 0 aliphatic heterocycles. The van der Waals surface area contributed by atoms with Gasteiger partial charge in [-0.05, 0) is 61.6 Å². The van der Waals surface area contributed by atoms with E-state index in [0.717, 1.165) is 62.9 Å². The van der Waals surface area contributed by atoms with Crippen molar-refractivity contribution in [3.05, 3.63) is 29.8 Å².